The maximum Gasteiger partial charge on any atom is 0.243 e. The van der Waals surface area contributed by atoms with Gasteiger partial charge in [-0.15, -0.1) is 11.3 Å². The van der Waals surface area contributed by atoms with Gasteiger partial charge in [0.05, 0.1) is 18.8 Å². The number of carbonyl (C=O) groups excluding carboxylic acids is 1. The van der Waals surface area contributed by atoms with Crippen LogP contribution in [0.3, 0.4) is 0 Å². The van der Waals surface area contributed by atoms with Gasteiger partial charge in [-0.2, -0.15) is 0 Å². The highest BCUT2D eigenvalue weighted by Gasteiger charge is 2.20. The van der Waals surface area contributed by atoms with Crippen LogP contribution in [0.25, 0.3) is 11.3 Å². The molecule has 124 valence electrons. The number of carbonyl (C=O) groups is 1. The first kappa shape index (κ1) is 17.4. The number of rotatable bonds is 6. The van der Waals surface area contributed by atoms with Crippen molar-refractivity contribution in [1.82, 2.24) is 4.98 Å². The molecule has 0 saturated carbocycles. The van der Waals surface area contributed by atoms with Crippen molar-refractivity contribution in [2.75, 3.05) is 12.4 Å². The zero-order valence-corrected chi connectivity index (χ0v) is 14.7. The Morgan fingerprint density at radius 3 is 2.87 bits per heavy atom. The second-order valence-corrected chi connectivity index (χ2v) is 6.50. The lowest BCUT2D eigenvalue weighted by Gasteiger charge is -2.16. The fourth-order valence-electron chi connectivity index (χ4n) is 2.18. The third kappa shape index (κ3) is 4.09. The molecule has 0 fully saturated rings. The first-order valence-corrected chi connectivity index (χ1v) is 8.51. The van der Waals surface area contributed by atoms with Gasteiger partial charge in [-0.1, -0.05) is 31.9 Å². The summed E-state index contributed by atoms with van der Waals surface area (Å²) in [5, 5.41) is 5.25. The molecule has 6 heteroatoms. The van der Waals surface area contributed by atoms with Crippen molar-refractivity contribution in [3.63, 3.8) is 0 Å². The molecule has 0 aliphatic carbocycles. The Hall–Kier alpha value is -1.92. The highest BCUT2D eigenvalue weighted by atomic mass is 32.1. The number of aryl methyl sites for hydroxylation is 1. The van der Waals surface area contributed by atoms with Crippen LogP contribution in [0.4, 0.5) is 5.13 Å². The number of hydrogen-bond acceptors (Lipinski definition) is 5. The first-order chi connectivity index (χ1) is 11.0. The molecule has 0 spiro atoms. The smallest absolute Gasteiger partial charge is 0.243 e. The molecule has 2 aromatic rings. The molecule has 1 aromatic heterocycles. The van der Waals surface area contributed by atoms with Crippen LogP contribution in [0.5, 0.6) is 5.75 Å². The van der Waals surface area contributed by atoms with E-state index >= 15 is 0 Å². The van der Waals surface area contributed by atoms with Gasteiger partial charge in [-0.3, -0.25) is 4.79 Å². The average molecular weight is 333 g/mol. The maximum atomic E-state index is 12.1. The summed E-state index contributed by atoms with van der Waals surface area (Å²) in [5.74, 6) is 0.692. The van der Waals surface area contributed by atoms with E-state index in [4.69, 9.17) is 10.5 Å². The minimum atomic E-state index is -0.527. The molecule has 1 aromatic carbocycles. The van der Waals surface area contributed by atoms with E-state index in [-0.39, 0.29) is 11.8 Å². The van der Waals surface area contributed by atoms with Gasteiger partial charge >= 0.3 is 0 Å². The SMILES string of the molecule is CCC(C)C(N)C(=O)Nc1nc(-c2cc(C)ccc2OC)cs1. The standard InChI is InChI=1S/C17H23N3O2S/c1-5-11(3)15(18)16(21)20-17-19-13(9-23-17)12-8-10(2)6-7-14(12)22-4/h6-9,11,15H,5,18H2,1-4H3,(H,19,20,21). The van der Waals surface area contributed by atoms with Crippen molar-refractivity contribution in [2.24, 2.45) is 11.7 Å². The fourth-order valence-corrected chi connectivity index (χ4v) is 2.89. The average Bonchev–Trinajstić information content (AvgIpc) is 3.01. The summed E-state index contributed by atoms with van der Waals surface area (Å²) in [6.07, 6.45) is 0.859. The summed E-state index contributed by atoms with van der Waals surface area (Å²) in [4.78, 5) is 16.6. The van der Waals surface area contributed by atoms with Crippen LogP contribution in [0.2, 0.25) is 0 Å². The van der Waals surface area contributed by atoms with Crippen molar-refractivity contribution in [3.05, 3.63) is 29.1 Å². The number of thiazole rings is 1. The van der Waals surface area contributed by atoms with Gasteiger partial charge in [0.2, 0.25) is 5.91 Å². The van der Waals surface area contributed by atoms with E-state index in [0.29, 0.717) is 5.13 Å². The molecule has 0 bridgehead atoms. The van der Waals surface area contributed by atoms with Crippen LogP contribution in [-0.4, -0.2) is 24.0 Å². The summed E-state index contributed by atoms with van der Waals surface area (Å²) in [5.41, 5.74) is 8.76. The van der Waals surface area contributed by atoms with Crippen LogP contribution in [0, 0.1) is 12.8 Å². The molecular weight excluding hydrogens is 310 g/mol. The minimum Gasteiger partial charge on any atom is -0.496 e. The maximum absolute atomic E-state index is 12.1. The van der Waals surface area contributed by atoms with Crippen LogP contribution < -0.4 is 15.8 Å². The Bertz CT molecular complexity index is 684. The number of ether oxygens (including phenoxy) is 1. The van der Waals surface area contributed by atoms with E-state index in [1.165, 1.54) is 11.3 Å². The van der Waals surface area contributed by atoms with Gasteiger partial charge in [0.1, 0.15) is 5.75 Å². The van der Waals surface area contributed by atoms with Crippen molar-refractivity contribution in [2.45, 2.75) is 33.2 Å². The number of nitrogens with one attached hydrogen (secondary N) is 1. The molecule has 2 rings (SSSR count). The number of nitrogens with zero attached hydrogens (tertiary/aromatic N) is 1. The number of methoxy groups -OCH3 is 1. The van der Waals surface area contributed by atoms with Crippen molar-refractivity contribution >= 4 is 22.4 Å². The Kier molecular flexibility index (Phi) is 5.74. The molecule has 5 nitrogen and oxygen atoms in total. The van der Waals surface area contributed by atoms with Crippen LogP contribution in [-0.2, 0) is 4.79 Å². The predicted molar refractivity (Wildman–Crippen MR) is 94.9 cm³/mol. The molecule has 0 saturated heterocycles. The Labute approximate surface area is 140 Å². The molecule has 1 heterocycles. The molecule has 0 aliphatic rings. The van der Waals surface area contributed by atoms with E-state index in [9.17, 15) is 4.79 Å². The third-order valence-electron chi connectivity index (χ3n) is 3.92. The largest absolute Gasteiger partial charge is 0.496 e. The molecular formula is C17H23N3O2S. The number of benzene rings is 1. The molecule has 2 atom stereocenters. The van der Waals surface area contributed by atoms with Crippen LogP contribution in [0.1, 0.15) is 25.8 Å². The minimum absolute atomic E-state index is 0.131. The number of anilines is 1. The third-order valence-corrected chi connectivity index (χ3v) is 4.68. The number of aromatic nitrogens is 1. The van der Waals surface area contributed by atoms with Gasteiger partial charge in [0.25, 0.3) is 0 Å². The monoisotopic (exact) mass is 333 g/mol. The number of amides is 1. The molecule has 1 amide bonds. The zero-order chi connectivity index (χ0) is 17.0. The quantitative estimate of drug-likeness (QED) is 0.849. The van der Waals surface area contributed by atoms with E-state index in [0.717, 1.165) is 29.0 Å². The molecule has 23 heavy (non-hydrogen) atoms. The number of hydrogen-bond donors (Lipinski definition) is 2. The summed E-state index contributed by atoms with van der Waals surface area (Å²) in [7, 11) is 1.63. The Morgan fingerprint density at radius 1 is 1.48 bits per heavy atom. The van der Waals surface area contributed by atoms with Crippen molar-refractivity contribution < 1.29 is 9.53 Å². The topological polar surface area (TPSA) is 77.2 Å². The summed E-state index contributed by atoms with van der Waals surface area (Å²) in [6, 6.07) is 5.40. The van der Waals surface area contributed by atoms with E-state index < -0.39 is 6.04 Å². The lowest BCUT2D eigenvalue weighted by molar-refractivity contribution is -0.118. The highest BCUT2D eigenvalue weighted by molar-refractivity contribution is 7.14. The number of nitrogens with two attached hydrogens (primary N) is 1. The molecule has 3 N–H and O–H groups in total. The highest BCUT2D eigenvalue weighted by Crippen LogP contribution is 2.33. The van der Waals surface area contributed by atoms with Gasteiger partial charge in [-0.05, 0) is 25.0 Å². The lowest BCUT2D eigenvalue weighted by atomic mass is 10.00. The summed E-state index contributed by atoms with van der Waals surface area (Å²) >= 11 is 1.38. The van der Waals surface area contributed by atoms with E-state index in [2.05, 4.69) is 10.3 Å². The summed E-state index contributed by atoms with van der Waals surface area (Å²) < 4.78 is 5.39. The predicted octanol–water partition coefficient (Wildman–Crippen LogP) is 3.44. The van der Waals surface area contributed by atoms with Gasteiger partial charge in [-0.25, -0.2) is 4.98 Å². The normalized spacial score (nSPS) is 13.4. The Morgan fingerprint density at radius 2 is 2.22 bits per heavy atom. The molecule has 2 unspecified atom stereocenters. The second kappa shape index (κ2) is 7.57. The van der Waals surface area contributed by atoms with E-state index in [1.807, 2.05) is 44.4 Å². The zero-order valence-electron chi connectivity index (χ0n) is 13.9. The van der Waals surface area contributed by atoms with Crippen molar-refractivity contribution in [1.29, 1.82) is 0 Å². The second-order valence-electron chi connectivity index (χ2n) is 5.64. The lowest BCUT2D eigenvalue weighted by Crippen LogP contribution is -2.40. The molecule has 0 aliphatic heterocycles. The van der Waals surface area contributed by atoms with Gasteiger partial charge in [0, 0.05) is 10.9 Å². The van der Waals surface area contributed by atoms with E-state index in [1.54, 1.807) is 7.11 Å². The first-order valence-electron chi connectivity index (χ1n) is 7.63. The summed E-state index contributed by atoms with van der Waals surface area (Å²) in [6.45, 7) is 6.00. The van der Waals surface area contributed by atoms with Crippen LogP contribution >= 0.6 is 11.3 Å². The van der Waals surface area contributed by atoms with Crippen molar-refractivity contribution in [3.8, 4) is 17.0 Å². The van der Waals surface area contributed by atoms with Gasteiger partial charge in [0.15, 0.2) is 5.13 Å². The van der Waals surface area contributed by atoms with Crippen LogP contribution in [0.15, 0.2) is 23.6 Å². The Balaban J connectivity index is 2.18. The fraction of sp³-hybridized carbons (Fsp3) is 0.412. The molecule has 0 radical (unpaired) electrons. The van der Waals surface area contributed by atoms with Gasteiger partial charge < -0.3 is 15.8 Å².